The summed E-state index contributed by atoms with van der Waals surface area (Å²) >= 11 is 0. The Morgan fingerprint density at radius 3 is 2.09 bits per heavy atom. The van der Waals surface area contributed by atoms with Crippen LogP contribution in [0, 0.1) is 11.3 Å². The number of aliphatic carboxylic acids is 1. The summed E-state index contributed by atoms with van der Waals surface area (Å²) in [7, 11) is 0. The van der Waals surface area contributed by atoms with Gasteiger partial charge in [-0.3, -0.25) is 9.59 Å². The molecule has 1 atom stereocenters. The number of benzene rings is 1. The minimum atomic E-state index is -0.838. The minimum Gasteiger partial charge on any atom is -0.481 e. The molecule has 0 bridgehead atoms. The third kappa shape index (κ3) is 5.51. The van der Waals surface area contributed by atoms with Gasteiger partial charge in [-0.2, -0.15) is 0 Å². The highest BCUT2D eigenvalue weighted by atomic mass is 16.4. The molecule has 0 aliphatic heterocycles. The first kappa shape index (κ1) is 18.2. The second kappa shape index (κ2) is 7.43. The van der Waals surface area contributed by atoms with Crippen LogP contribution >= 0.6 is 0 Å². The van der Waals surface area contributed by atoms with Gasteiger partial charge in [0.2, 0.25) is 0 Å². The Morgan fingerprint density at radius 2 is 1.68 bits per heavy atom. The van der Waals surface area contributed by atoms with Crippen LogP contribution in [0.3, 0.4) is 0 Å². The molecule has 1 unspecified atom stereocenters. The first-order valence-electron chi connectivity index (χ1n) is 7.71. The molecule has 1 amide bonds. The van der Waals surface area contributed by atoms with Gasteiger partial charge < -0.3 is 10.4 Å². The van der Waals surface area contributed by atoms with Gasteiger partial charge in [-0.05, 0) is 34.9 Å². The molecule has 0 saturated heterocycles. The molecule has 0 radical (unpaired) electrons. The van der Waals surface area contributed by atoms with E-state index in [1.165, 1.54) is 5.56 Å². The Kier molecular flexibility index (Phi) is 6.15. The van der Waals surface area contributed by atoms with Gasteiger partial charge in [0.1, 0.15) is 0 Å². The third-order valence-electron chi connectivity index (χ3n) is 3.99. The number of rotatable bonds is 6. The molecule has 4 nitrogen and oxygen atoms in total. The zero-order valence-corrected chi connectivity index (χ0v) is 14.1. The van der Waals surface area contributed by atoms with Crippen molar-refractivity contribution in [3.8, 4) is 0 Å². The topological polar surface area (TPSA) is 66.4 Å². The van der Waals surface area contributed by atoms with E-state index in [1.54, 1.807) is 0 Å². The summed E-state index contributed by atoms with van der Waals surface area (Å²) in [4.78, 5) is 23.1. The minimum absolute atomic E-state index is 0.0517. The maximum absolute atomic E-state index is 12.2. The number of carbonyl (C=O) groups excluding carboxylic acids is 1. The maximum atomic E-state index is 12.2. The molecule has 2 N–H and O–H groups in total. The van der Waals surface area contributed by atoms with Crippen molar-refractivity contribution in [2.24, 2.45) is 11.3 Å². The second-order valence-electron chi connectivity index (χ2n) is 7.15. The van der Waals surface area contributed by atoms with E-state index < -0.39 is 5.97 Å². The summed E-state index contributed by atoms with van der Waals surface area (Å²) in [6.07, 6.45) is 0.0517. The number of carbonyl (C=O) groups is 2. The molecule has 0 heterocycles. The molecule has 1 aromatic rings. The zero-order valence-electron chi connectivity index (χ0n) is 14.1. The van der Waals surface area contributed by atoms with Crippen LogP contribution in [-0.2, 0) is 4.79 Å². The van der Waals surface area contributed by atoms with E-state index in [9.17, 15) is 9.59 Å². The van der Waals surface area contributed by atoms with Crippen LogP contribution in [-0.4, -0.2) is 23.5 Å². The van der Waals surface area contributed by atoms with E-state index in [2.05, 4.69) is 19.2 Å². The van der Waals surface area contributed by atoms with E-state index in [0.717, 1.165) is 0 Å². The fourth-order valence-electron chi connectivity index (χ4n) is 2.23. The molecule has 0 spiro atoms. The number of amides is 1. The van der Waals surface area contributed by atoms with Crippen molar-refractivity contribution in [2.45, 2.75) is 47.0 Å². The van der Waals surface area contributed by atoms with E-state index in [-0.39, 0.29) is 23.7 Å². The van der Waals surface area contributed by atoms with Crippen LogP contribution in [0.1, 0.15) is 62.9 Å². The molecule has 0 aliphatic carbocycles. The highest BCUT2D eigenvalue weighted by Crippen LogP contribution is 2.28. The lowest BCUT2D eigenvalue weighted by atomic mass is 9.78. The Morgan fingerprint density at radius 1 is 1.14 bits per heavy atom. The van der Waals surface area contributed by atoms with Gasteiger partial charge in [-0.25, -0.2) is 0 Å². The highest BCUT2D eigenvalue weighted by Gasteiger charge is 2.27. The van der Waals surface area contributed by atoms with Crippen molar-refractivity contribution < 1.29 is 14.7 Å². The average Bonchev–Trinajstić information content (AvgIpc) is 2.41. The van der Waals surface area contributed by atoms with Gasteiger partial charge >= 0.3 is 5.97 Å². The number of carboxylic acid groups (broad SMARTS) is 1. The molecule has 1 aromatic carbocycles. The first-order chi connectivity index (χ1) is 10.1. The normalized spacial score (nSPS) is 13.0. The van der Waals surface area contributed by atoms with Crippen molar-refractivity contribution in [2.75, 3.05) is 6.54 Å². The van der Waals surface area contributed by atoms with Crippen molar-refractivity contribution in [1.29, 1.82) is 0 Å². The van der Waals surface area contributed by atoms with E-state index in [4.69, 9.17) is 5.11 Å². The molecule has 0 aliphatic rings. The van der Waals surface area contributed by atoms with E-state index in [0.29, 0.717) is 18.0 Å². The average molecular weight is 305 g/mol. The first-order valence-corrected chi connectivity index (χ1v) is 7.71. The molecule has 122 valence electrons. The molecular formula is C18H27NO3. The molecule has 4 heteroatoms. The molecule has 0 saturated carbocycles. The van der Waals surface area contributed by atoms with Crippen LogP contribution in [0.5, 0.6) is 0 Å². The quantitative estimate of drug-likeness (QED) is 0.842. The lowest BCUT2D eigenvalue weighted by Crippen LogP contribution is -2.36. The number of nitrogens with one attached hydrogen (secondary N) is 1. The van der Waals surface area contributed by atoms with Crippen molar-refractivity contribution in [1.82, 2.24) is 5.32 Å². The Bertz CT molecular complexity index is 512. The van der Waals surface area contributed by atoms with Crippen LogP contribution in [0.25, 0.3) is 0 Å². The maximum Gasteiger partial charge on any atom is 0.303 e. The van der Waals surface area contributed by atoms with Gasteiger partial charge in [0.05, 0.1) is 6.42 Å². The van der Waals surface area contributed by atoms with Crippen molar-refractivity contribution >= 4 is 11.9 Å². The third-order valence-corrected chi connectivity index (χ3v) is 3.99. The van der Waals surface area contributed by atoms with Crippen LogP contribution in [0.2, 0.25) is 0 Å². The molecule has 1 rings (SSSR count). The zero-order chi connectivity index (χ0) is 16.9. The van der Waals surface area contributed by atoms with Gasteiger partial charge in [-0.15, -0.1) is 0 Å². The predicted octanol–water partition coefficient (Wildman–Crippen LogP) is 3.68. The van der Waals surface area contributed by atoms with Crippen LogP contribution < -0.4 is 5.32 Å². The monoisotopic (exact) mass is 305 g/mol. The van der Waals surface area contributed by atoms with Gasteiger partial charge in [0.25, 0.3) is 5.91 Å². The van der Waals surface area contributed by atoms with Crippen molar-refractivity contribution in [3.05, 3.63) is 35.4 Å². The summed E-state index contributed by atoms with van der Waals surface area (Å²) in [6, 6.07) is 7.54. The summed E-state index contributed by atoms with van der Waals surface area (Å²) in [5, 5.41) is 11.9. The lowest BCUT2D eigenvalue weighted by Gasteiger charge is -2.29. The lowest BCUT2D eigenvalue weighted by molar-refractivity contribution is -0.139. The smallest absolute Gasteiger partial charge is 0.303 e. The Balaban J connectivity index is 2.68. The Labute approximate surface area is 132 Å². The molecule has 0 aromatic heterocycles. The SMILES string of the molecule is CC(C)c1ccc(C(=O)NCC(CC(=O)O)C(C)(C)C)cc1. The summed E-state index contributed by atoms with van der Waals surface area (Å²) in [6.45, 7) is 10.5. The number of hydrogen-bond acceptors (Lipinski definition) is 2. The fraction of sp³-hybridized carbons (Fsp3) is 0.556. The molecule has 22 heavy (non-hydrogen) atoms. The van der Waals surface area contributed by atoms with Crippen molar-refractivity contribution in [3.63, 3.8) is 0 Å². The van der Waals surface area contributed by atoms with Crippen LogP contribution in [0.4, 0.5) is 0 Å². The summed E-state index contributed by atoms with van der Waals surface area (Å²) in [5.41, 5.74) is 1.62. The highest BCUT2D eigenvalue weighted by molar-refractivity contribution is 5.94. The van der Waals surface area contributed by atoms with E-state index in [1.807, 2.05) is 45.0 Å². The van der Waals surface area contributed by atoms with Gasteiger partial charge in [0.15, 0.2) is 0 Å². The number of hydrogen-bond donors (Lipinski definition) is 2. The second-order valence-corrected chi connectivity index (χ2v) is 7.15. The standard InChI is InChI=1S/C18H27NO3/c1-12(2)13-6-8-14(9-7-13)17(22)19-11-15(10-16(20)21)18(3,4)5/h6-9,12,15H,10-11H2,1-5H3,(H,19,22)(H,20,21). The largest absolute Gasteiger partial charge is 0.481 e. The van der Waals surface area contributed by atoms with E-state index >= 15 is 0 Å². The predicted molar refractivity (Wildman–Crippen MR) is 88.1 cm³/mol. The van der Waals surface area contributed by atoms with Gasteiger partial charge in [-0.1, -0.05) is 46.8 Å². The summed E-state index contributed by atoms with van der Waals surface area (Å²) in [5.74, 6) is -0.674. The number of carboxylic acids is 1. The molecular weight excluding hydrogens is 278 g/mol. The fourth-order valence-corrected chi connectivity index (χ4v) is 2.23. The Hall–Kier alpha value is -1.84. The summed E-state index contributed by atoms with van der Waals surface area (Å²) < 4.78 is 0. The van der Waals surface area contributed by atoms with Gasteiger partial charge in [0, 0.05) is 12.1 Å². The molecule has 0 fully saturated rings. The van der Waals surface area contributed by atoms with Crippen LogP contribution in [0.15, 0.2) is 24.3 Å².